The van der Waals surface area contributed by atoms with Crippen molar-refractivity contribution in [2.75, 3.05) is 6.54 Å². The first-order valence-corrected chi connectivity index (χ1v) is 5.78. The van der Waals surface area contributed by atoms with Crippen LogP contribution in [0.4, 0.5) is 0 Å². The Kier molecular flexibility index (Phi) is 8.01. The molecule has 0 rings (SSSR count). The molecule has 0 aromatic rings. The molecule has 2 N–H and O–H groups in total. The maximum Gasteiger partial charge on any atom is 0.0470 e. The molecule has 88 valence electrons. The van der Waals surface area contributed by atoms with Gasteiger partial charge in [0.05, 0.1) is 0 Å². The van der Waals surface area contributed by atoms with Gasteiger partial charge in [-0.15, -0.1) is 0 Å². The Morgan fingerprint density at radius 1 is 1.47 bits per heavy atom. The summed E-state index contributed by atoms with van der Waals surface area (Å²) in [7, 11) is 0. The van der Waals surface area contributed by atoms with Crippen LogP contribution < -0.4 is 5.84 Å². The molecule has 0 amide bonds. The van der Waals surface area contributed by atoms with Gasteiger partial charge in [-0.3, -0.25) is 4.99 Å². The van der Waals surface area contributed by atoms with Gasteiger partial charge in [0.25, 0.3) is 0 Å². The number of hydrogen-bond acceptors (Lipinski definition) is 3. The van der Waals surface area contributed by atoms with Crippen molar-refractivity contribution < 1.29 is 0 Å². The number of nitrogens with two attached hydrogens (primary N) is 1. The maximum atomic E-state index is 5.91. The minimum absolute atomic E-state index is 0.784. The van der Waals surface area contributed by atoms with Crippen LogP contribution in [0.5, 0.6) is 0 Å². The van der Waals surface area contributed by atoms with E-state index in [4.69, 9.17) is 5.84 Å². The molecule has 0 fully saturated rings. The fraction of sp³-hybridized carbons (Fsp3) is 0.750. The number of hydrazine groups is 1. The van der Waals surface area contributed by atoms with Crippen LogP contribution in [0.2, 0.25) is 0 Å². The van der Waals surface area contributed by atoms with Crippen molar-refractivity contribution >= 4 is 6.72 Å². The number of rotatable bonds is 8. The first-order valence-electron chi connectivity index (χ1n) is 5.78. The molecule has 0 aliphatic rings. The average molecular weight is 211 g/mol. The summed E-state index contributed by atoms with van der Waals surface area (Å²) in [5.74, 6) is 6.69. The fourth-order valence-electron chi connectivity index (χ4n) is 1.45. The molecule has 0 saturated heterocycles. The molecule has 0 radical (unpaired) electrons. The van der Waals surface area contributed by atoms with Gasteiger partial charge in [0.1, 0.15) is 0 Å². The van der Waals surface area contributed by atoms with Crippen LogP contribution in [0.25, 0.3) is 0 Å². The molecule has 3 nitrogen and oxygen atoms in total. The van der Waals surface area contributed by atoms with E-state index in [-0.39, 0.29) is 0 Å². The Hall–Kier alpha value is -0.830. The monoisotopic (exact) mass is 211 g/mol. The molecule has 0 saturated carbocycles. The molecular weight excluding hydrogens is 186 g/mol. The molecule has 0 aliphatic heterocycles. The lowest BCUT2D eigenvalue weighted by Gasteiger charge is -2.20. The summed E-state index contributed by atoms with van der Waals surface area (Å²) in [5.41, 5.74) is 1.05. The molecule has 0 spiro atoms. The summed E-state index contributed by atoms with van der Waals surface area (Å²) in [6.07, 6.45) is 6.30. The van der Waals surface area contributed by atoms with Gasteiger partial charge in [-0.05, 0) is 25.5 Å². The lowest BCUT2D eigenvalue weighted by atomic mass is 10.1. The molecule has 0 bridgehead atoms. The minimum Gasteiger partial charge on any atom is -0.314 e. The van der Waals surface area contributed by atoms with Gasteiger partial charge in [-0.25, -0.2) is 5.84 Å². The molecule has 15 heavy (non-hydrogen) atoms. The number of hydrogen-bond donors (Lipinski definition) is 1. The van der Waals surface area contributed by atoms with Crippen LogP contribution in [-0.4, -0.2) is 18.3 Å². The van der Waals surface area contributed by atoms with Crippen LogP contribution in [0.3, 0.4) is 0 Å². The highest BCUT2D eigenvalue weighted by Crippen LogP contribution is 2.09. The van der Waals surface area contributed by atoms with E-state index in [1.807, 2.05) is 0 Å². The van der Waals surface area contributed by atoms with Crippen molar-refractivity contribution in [1.29, 1.82) is 0 Å². The van der Waals surface area contributed by atoms with Crippen molar-refractivity contribution in [2.45, 2.75) is 46.5 Å². The van der Waals surface area contributed by atoms with E-state index in [1.54, 1.807) is 11.2 Å². The maximum absolute atomic E-state index is 5.91. The normalized spacial score (nSPS) is 11.9. The van der Waals surface area contributed by atoms with Gasteiger partial charge in [0.15, 0.2) is 0 Å². The highest BCUT2D eigenvalue weighted by Gasteiger charge is 2.02. The third-order valence-electron chi connectivity index (χ3n) is 2.40. The Morgan fingerprint density at radius 2 is 2.13 bits per heavy atom. The lowest BCUT2D eigenvalue weighted by molar-refractivity contribution is 0.332. The number of allylic oxidation sites excluding steroid dienone is 1. The topological polar surface area (TPSA) is 41.6 Å². The van der Waals surface area contributed by atoms with Gasteiger partial charge in [0.2, 0.25) is 0 Å². The number of nitrogens with zero attached hydrogens (tertiary/aromatic N) is 2. The quantitative estimate of drug-likeness (QED) is 0.290. The fourth-order valence-corrected chi connectivity index (χ4v) is 1.45. The zero-order valence-corrected chi connectivity index (χ0v) is 10.4. The van der Waals surface area contributed by atoms with Gasteiger partial charge in [-0.2, -0.15) is 0 Å². The third-order valence-corrected chi connectivity index (χ3v) is 2.40. The van der Waals surface area contributed by atoms with Gasteiger partial charge in [0, 0.05) is 18.4 Å². The second-order valence-electron chi connectivity index (χ2n) is 4.24. The van der Waals surface area contributed by atoms with Crippen LogP contribution in [0, 0.1) is 5.92 Å². The van der Waals surface area contributed by atoms with E-state index in [0.29, 0.717) is 0 Å². The number of unbranched alkanes of at least 4 members (excludes halogenated alkanes) is 1. The van der Waals surface area contributed by atoms with Gasteiger partial charge < -0.3 is 5.01 Å². The summed E-state index contributed by atoms with van der Waals surface area (Å²) >= 11 is 0. The minimum atomic E-state index is 0.784. The predicted molar refractivity (Wildman–Crippen MR) is 67.5 cm³/mol. The van der Waals surface area contributed by atoms with Crippen molar-refractivity contribution in [1.82, 2.24) is 5.01 Å². The van der Waals surface area contributed by atoms with E-state index in [9.17, 15) is 0 Å². The van der Waals surface area contributed by atoms with Crippen LogP contribution >= 0.6 is 0 Å². The SMILES string of the molecule is C=N/C=C(/CC)N(N)CCCCC(C)C. The first-order chi connectivity index (χ1) is 7.11. The predicted octanol–water partition coefficient (Wildman–Crippen LogP) is 2.94. The second-order valence-corrected chi connectivity index (χ2v) is 4.24. The smallest absolute Gasteiger partial charge is 0.0470 e. The van der Waals surface area contributed by atoms with E-state index in [2.05, 4.69) is 32.5 Å². The summed E-state index contributed by atoms with van der Waals surface area (Å²) < 4.78 is 0. The Balaban J connectivity index is 3.76. The molecule has 0 aromatic heterocycles. The highest BCUT2D eigenvalue weighted by atomic mass is 15.4. The van der Waals surface area contributed by atoms with Crippen molar-refractivity contribution in [3.05, 3.63) is 11.9 Å². The van der Waals surface area contributed by atoms with Crippen molar-refractivity contribution in [2.24, 2.45) is 16.8 Å². The van der Waals surface area contributed by atoms with Crippen LogP contribution in [-0.2, 0) is 0 Å². The largest absolute Gasteiger partial charge is 0.314 e. The molecule has 3 heteroatoms. The van der Waals surface area contributed by atoms with E-state index in [0.717, 1.165) is 31.0 Å². The van der Waals surface area contributed by atoms with E-state index in [1.165, 1.54) is 12.8 Å². The second kappa shape index (κ2) is 8.48. The van der Waals surface area contributed by atoms with E-state index >= 15 is 0 Å². The standard InChI is InChI=1S/C12H25N3/c1-5-12(10-14-4)15(13)9-7-6-8-11(2)3/h10-11H,4-9,13H2,1-3H3/b12-10-. The van der Waals surface area contributed by atoms with Crippen LogP contribution in [0.1, 0.15) is 46.5 Å². The molecule has 0 atom stereocenters. The van der Waals surface area contributed by atoms with Crippen molar-refractivity contribution in [3.63, 3.8) is 0 Å². The zero-order valence-electron chi connectivity index (χ0n) is 10.4. The summed E-state index contributed by atoms with van der Waals surface area (Å²) in [6, 6.07) is 0. The molecule has 0 aliphatic carbocycles. The number of aliphatic imine (C=N–C) groups is 1. The summed E-state index contributed by atoms with van der Waals surface area (Å²) in [4.78, 5) is 3.75. The molecule has 0 unspecified atom stereocenters. The average Bonchev–Trinajstić information content (AvgIpc) is 2.20. The Labute approximate surface area is 94.0 Å². The lowest BCUT2D eigenvalue weighted by Crippen LogP contribution is -2.31. The molecule has 0 aromatic carbocycles. The molecule has 0 heterocycles. The van der Waals surface area contributed by atoms with E-state index < -0.39 is 0 Å². The summed E-state index contributed by atoms with van der Waals surface area (Å²) in [6.45, 7) is 10.9. The zero-order chi connectivity index (χ0) is 11.7. The summed E-state index contributed by atoms with van der Waals surface area (Å²) in [5, 5.41) is 1.79. The molecular formula is C12H25N3. The Bertz CT molecular complexity index is 197. The van der Waals surface area contributed by atoms with Crippen molar-refractivity contribution in [3.8, 4) is 0 Å². The first kappa shape index (κ1) is 14.2. The van der Waals surface area contributed by atoms with Gasteiger partial charge in [-0.1, -0.05) is 33.6 Å². The Morgan fingerprint density at radius 3 is 2.60 bits per heavy atom. The van der Waals surface area contributed by atoms with Gasteiger partial charge >= 0.3 is 0 Å². The highest BCUT2D eigenvalue weighted by molar-refractivity contribution is 5.26. The van der Waals surface area contributed by atoms with Crippen LogP contribution in [0.15, 0.2) is 16.9 Å². The third kappa shape index (κ3) is 7.14.